The molecule has 0 saturated carbocycles. The lowest BCUT2D eigenvalue weighted by Gasteiger charge is -2.32. The van der Waals surface area contributed by atoms with Crippen molar-refractivity contribution in [2.75, 3.05) is 51.6 Å². The lowest BCUT2D eigenvalue weighted by Crippen LogP contribution is -2.44. The normalized spacial score (nSPS) is 17.1. The summed E-state index contributed by atoms with van der Waals surface area (Å²) < 4.78 is 0. The Morgan fingerprint density at radius 3 is 2.85 bits per heavy atom. The Hall–Kier alpha value is -1.66. The van der Waals surface area contributed by atoms with Crippen LogP contribution < -0.4 is 5.32 Å². The van der Waals surface area contributed by atoms with Crippen LogP contribution in [0.4, 0.5) is 5.82 Å². The van der Waals surface area contributed by atoms with Gasteiger partial charge < -0.3 is 20.2 Å². The first-order valence-electron chi connectivity index (χ1n) is 7.00. The third-order valence-corrected chi connectivity index (χ3v) is 3.58. The number of carbonyl (C=O) groups is 1. The van der Waals surface area contributed by atoms with Crippen molar-refractivity contribution in [3.05, 3.63) is 23.9 Å². The molecule has 1 saturated heterocycles. The molecule has 1 aromatic heterocycles. The van der Waals surface area contributed by atoms with Crippen molar-refractivity contribution in [2.24, 2.45) is 0 Å². The van der Waals surface area contributed by atoms with Crippen molar-refractivity contribution in [2.45, 2.75) is 6.42 Å². The van der Waals surface area contributed by atoms with Gasteiger partial charge in [-0.1, -0.05) is 0 Å². The number of nitrogens with zero attached hydrogens (tertiary/aromatic N) is 3. The van der Waals surface area contributed by atoms with Gasteiger partial charge in [0.15, 0.2) is 0 Å². The van der Waals surface area contributed by atoms with Gasteiger partial charge in [-0.25, -0.2) is 9.78 Å². The van der Waals surface area contributed by atoms with Crippen molar-refractivity contribution in [1.29, 1.82) is 0 Å². The van der Waals surface area contributed by atoms with Crippen LogP contribution in [0.25, 0.3) is 0 Å². The molecule has 0 bridgehead atoms. The molecular weight excluding hydrogens is 256 g/mol. The molecule has 1 aliphatic rings. The molecule has 110 valence electrons. The second-order valence-electron chi connectivity index (χ2n) is 5.13. The van der Waals surface area contributed by atoms with Crippen LogP contribution in [-0.2, 0) is 0 Å². The number of likely N-dealkylation sites (N-methyl/N-ethyl adjacent to an activating group) is 1. The molecule has 1 aliphatic heterocycles. The first-order valence-corrected chi connectivity index (χ1v) is 7.00. The van der Waals surface area contributed by atoms with E-state index in [1.807, 2.05) is 0 Å². The molecule has 1 fully saturated rings. The molecule has 0 unspecified atom stereocenters. The van der Waals surface area contributed by atoms with Gasteiger partial charge in [0.1, 0.15) is 11.4 Å². The van der Waals surface area contributed by atoms with Crippen LogP contribution in [0.2, 0.25) is 0 Å². The highest BCUT2D eigenvalue weighted by atomic mass is 16.4. The molecule has 0 atom stereocenters. The fraction of sp³-hybridized carbons (Fsp3) is 0.571. The Bertz CT molecular complexity index is 445. The van der Waals surface area contributed by atoms with Gasteiger partial charge in [0.2, 0.25) is 0 Å². The molecule has 2 rings (SSSR count). The van der Waals surface area contributed by atoms with Crippen molar-refractivity contribution < 1.29 is 9.90 Å². The van der Waals surface area contributed by atoms with E-state index in [2.05, 4.69) is 27.1 Å². The molecule has 2 N–H and O–H groups in total. The monoisotopic (exact) mass is 278 g/mol. The van der Waals surface area contributed by atoms with E-state index in [-0.39, 0.29) is 5.56 Å². The highest BCUT2D eigenvalue weighted by Gasteiger charge is 2.13. The minimum Gasteiger partial charge on any atom is -0.478 e. The fourth-order valence-electron chi connectivity index (χ4n) is 2.30. The number of carboxylic acid groups (broad SMARTS) is 1. The molecule has 0 radical (unpaired) electrons. The predicted octanol–water partition coefficient (Wildman–Crippen LogP) is 0.829. The lowest BCUT2D eigenvalue weighted by atomic mass is 10.2. The van der Waals surface area contributed by atoms with Gasteiger partial charge >= 0.3 is 5.97 Å². The van der Waals surface area contributed by atoms with Gasteiger partial charge in [0, 0.05) is 38.9 Å². The quantitative estimate of drug-likeness (QED) is 0.751. The van der Waals surface area contributed by atoms with Gasteiger partial charge in [-0.3, -0.25) is 0 Å². The largest absolute Gasteiger partial charge is 0.478 e. The Morgan fingerprint density at radius 2 is 2.15 bits per heavy atom. The summed E-state index contributed by atoms with van der Waals surface area (Å²) in [5.74, 6) is -0.488. The summed E-state index contributed by atoms with van der Waals surface area (Å²) in [7, 11) is 2.15. The van der Waals surface area contributed by atoms with Crippen LogP contribution in [0.15, 0.2) is 18.3 Å². The Morgan fingerprint density at radius 1 is 1.40 bits per heavy atom. The van der Waals surface area contributed by atoms with Gasteiger partial charge in [0.25, 0.3) is 0 Å². The summed E-state index contributed by atoms with van der Waals surface area (Å²) in [6.07, 6.45) is 2.59. The second-order valence-corrected chi connectivity index (χ2v) is 5.13. The third kappa shape index (κ3) is 4.18. The van der Waals surface area contributed by atoms with Gasteiger partial charge in [-0.15, -0.1) is 0 Å². The zero-order valence-corrected chi connectivity index (χ0v) is 11.9. The minimum atomic E-state index is -0.945. The Kier molecular flexibility index (Phi) is 5.31. The summed E-state index contributed by atoms with van der Waals surface area (Å²) in [6, 6.07) is 3.21. The summed E-state index contributed by atoms with van der Waals surface area (Å²) in [4.78, 5) is 19.9. The number of aromatic carboxylic acids is 1. The van der Waals surface area contributed by atoms with Crippen LogP contribution in [0.1, 0.15) is 16.8 Å². The smallest absolute Gasteiger partial charge is 0.339 e. The van der Waals surface area contributed by atoms with E-state index in [0.29, 0.717) is 5.82 Å². The topological polar surface area (TPSA) is 68.7 Å². The lowest BCUT2D eigenvalue weighted by molar-refractivity contribution is 0.0697. The molecule has 0 amide bonds. The molecule has 20 heavy (non-hydrogen) atoms. The van der Waals surface area contributed by atoms with Crippen LogP contribution in [0.3, 0.4) is 0 Å². The highest BCUT2D eigenvalue weighted by molar-refractivity contribution is 5.92. The SMILES string of the molecule is CN1CCN(CCCNc2ncccc2C(=O)O)CC1. The summed E-state index contributed by atoms with van der Waals surface area (Å²) >= 11 is 0. The van der Waals surface area contributed by atoms with E-state index in [4.69, 9.17) is 5.11 Å². The number of hydrogen-bond acceptors (Lipinski definition) is 5. The maximum absolute atomic E-state index is 11.0. The molecule has 6 heteroatoms. The molecule has 6 nitrogen and oxygen atoms in total. The predicted molar refractivity (Wildman–Crippen MR) is 78.2 cm³/mol. The summed E-state index contributed by atoms with van der Waals surface area (Å²) in [5, 5.41) is 12.2. The fourth-order valence-corrected chi connectivity index (χ4v) is 2.30. The van der Waals surface area contributed by atoms with Crippen molar-refractivity contribution in [3.63, 3.8) is 0 Å². The van der Waals surface area contributed by atoms with Crippen LogP contribution in [0.5, 0.6) is 0 Å². The first-order chi connectivity index (χ1) is 9.66. The number of hydrogen-bond donors (Lipinski definition) is 2. The number of aromatic nitrogens is 1. The molecule has 2 heterocycles. The standard InChI is InChI=1S/C14H22N4O2/c1-17-8-10-18(11-9-17)7-3-6-16-13-12(14(19)20)4-2-5-15-13/h2,4-5H,3,6-11H2,1H3,(H,15,16)(H,19,20). The summed E-state index contributed by atoms with van der Waals surface area (Å²) in [6.45, 7) is 6.24. The van der Waals surface area contributed by atoms with Crippen LogP contribution >= 0.6 is 0 Å². The van der Waals surface area contributed by atoms with E-state index in [1.165, 1.54) is 0 Å². The van der Waals surface area contributed by atoms with Crippen molar-refractivity contribution in [3.8, 4) is 0 Å². The number of piperazine rings is 1. The number of rotatable bonds is 6. The second kappa shape index (κ2) is 7.21. The average Bonchev–Trinajstić information content (AvgIpc) is 2.46. The molecule has 0 spiro atoms. The average molecular weight is 278 g/mol. The van der Waals surface area contributed by atoms with Gasteiger partial charge in [-0.2, -0.15) is 0 Å². The van der Waals surface area contributed by atoms with Crippen LogP contribution in [-0.4, -0.2) is 72.2 Å². The van der Waals surface area contributed by atoms with E-state index in [9.17, 15) is 4.79 Å². The van der Waals surface area contributed by atoms with E-state index >= 15 is 0 Å². The number of carboxylic acids is 1. The molecular formula is C14H22N4O2. The Balaban J connectivity index is 1.72. The van der Waals surface area contributed by atoms with Gasteiger partial charge in [-0.05, 0) is 32.1 Å². The number of pyridine rings is 1. The van der Waals surface area contributed by atoms with E-state index in [1.54, 1.807) is 18.3 Å². The summed E-state index contributed by atoms with van der Waals surface area (Å²) in [5.41, 5.74) is 0.229. The molecule has 0 aliphatic carbocycles. The Labute approximate surface area is 119 Å². The molecule has 1 aromatic rings. The maximum Gasteiger partial charge on any atom is 0.339 e. The van der Waals surface area contributed by atoms with E-state index < -0.39 is 5.97 Å². The number of nitrogens with one attached hydrogen (secondary N) is 1. The minimum absolute atomic E-state index is 0.229. The van der Waals surface area contributed by atoms with E-state index in [0.717, 1.165) is 45.7 Å². The van der Waals surface area contributed by atoms with Crippen molar-refractivity contribution >= 4 is 11.8 Å². The zero-order chi connectivity index (χ0) is 14.4. The first kappa shape index (κ1) is 14.7. The maximum atomic E-state index is 11.0. The number of anilines is 1. The van der Waals surface area contributed by atoms with Crippen LogP contribution in [0, 0.1) is 0 Å². The van der Waals surface area contributed by atoms with Crippen molar-refractivity contribution in [1.82, 2.24) is 14.8 Å². The highest BCUT2D eigenvalue weighted by Crippen LogP contribution is 2.11. The molecule has 0 aromatic carbocycles. The van der Waals surface area contributed by atoms with Gasteiger partial charge in [0.05, 0.1) is 0 Å². The zero-order valence-electron chi connectivity index (χ0n) is 11.9. The third-order valence-electron chi connectivity index (χ3n) is 3.58.